The number of nitrogens with zero attached hydrogens (tertiary/aromatic N) is 6. The van der Waals surface area contributed by atoms with Crippen molar-refractivity contribution in [2.45, 2.75) is 46.1 Å². The standard InChI is InChI=1S/C23H25N7O3/c1-12(2)33-17-7-6-15(10-18(17)32-5)16-11-21(31)24-23-22(16)13(3)27-30(23)20-9-8-19-26-25-14(4)29(19)28-20/h6-10,12,16H,11H2,1-5H3,(H,24,31)/t16-/m1/s1. The zero-order valence-electron chi connectivity index (χ0n) is 19.2. The molecule has 33 heavy (non-hydrogen) atoms. The summed E-state index contributed by atoms with van der Waals surface area (Å²) in [5, 5.41) is 20.5. The first-order valence-electron chi connectivity index (χ1n) is 10.8. The molecule has 0 saturated carbocycles. The van der Waals surface area contributed by atoms with E-state index in [1.54, 1.807) is 16.3 Å². The van der Waals surface area contributed by atoms with Gasteiger partial charge >= 0.3 is 0 Å². The molecule has 1 amide bonds. The van der Waals surface area contributed by atoms with Crippen molar-refractivity contribution in [3.05, 3.63) is 53.0 Å². The Morgan fingerprint density at radius 3 is 2.67 bits per heavy atom. The van der Waals surface area contributed by atoms with Crippen LogP contribution in [0.15, 0.2) is 30.3 Å². The fourth-order valence-corrected chi connectivity index (χ4v) is 4.25. The number of hydrogen-bond acceptors (Lipinski definition) is 7. The van der Waals surface area contributed by atoms with Crippen LogP contribution in [0.5, 0.6) is 11.5 Å². The molecule has 10 nitrogen and oxygen atoms in total. The summed E-state index contributed by atoms with van der Waals surface area (Å²) in [7, 11) is 1.61. The summed E-state index contributed by atoms with van der Waals surface area (Å²) in [5.74, 6) is 2.89. The monoisotopic (exact) mass is 447 g/mol. The van der Waals surface area contributed by atoms with Crippen LogP contribution in [0.4, 0.5) is 5.82 Å². The molecule has 5 rings (SSSR count). The first-order chi connectivity index (χ1) is 15.9. The number of ether oxygens (including phenoxy) is 2. The van der Waals surface area contributed by atoms with Gasteiger partial charge in [0, 0.05) is 17.9 Å². The van der Waals surface area contributed by atoms with Crippen molar-refractivity contribution in [3.8, 4) is 17.3 Å². The molecular formula is C23H25N7O3. The van der Waals surface area contributed by atoms with Crippen LogP contribution in [0.2, 0.25) is 0 Å². The summed E-state index contributed by atoms with van der Waals surface area (Å²) in [6.07, 6.45) is 0.334. The quantitative estimate of drug-likeness (QED) is 0.500. The minimum absolute atomic E-state index is 0.0245. The van der Waals surface area contributed by atoms with Gasteiger partial charge in [-0.25, -0.2) is 0 Å². The van der Waals surface area contributed by atoms with Crippen LogP contribution in [-0.2, 0) is 4.79 Å². The van der Waals surface area contributed by atoms with Crippen LogP contribution in [0, 0.1) is 13.8 Å². The van der Waals surface area contributed by atoms with Gasteiger partial charge in [-0.15, -0.1) is 15.3 Å². The minimum Gasteiger partial charge on any atom is -0.493 e. The third-order valence-corrected chi connectivity index (χ3v) is 5.68. The van der Waals surface area contributed by atoms with Crippen molar-refractivity contribution in [2.75, 3.05) is 12.4 Å². The van der Waals surface area contributed by atoms with Crippen molar-refractivity contribution in [1.82, 2.24) is 29.6 Å². The Morgan fingerprint density at radius 2 is 1.91 bits per heavy atom. The van der Waals surface area contributed by atoms with E-state index in [9.17, 15) is 4.79 Å². The SMILES string of the molecule is COc1cc([C@H]2CC(=O)Nc3c2c(C)nn3-c2ccc3nnc(C)n3n2)ccc1OC(C)C. The molecule has 0 unspecified atom stereocenters. The van der Waals surface area contributed by atoms with E-state index in [2.05, 4.69) is 20.6 Å². The first-order valence-corrected chi connectivity index (χ1v) is 10.8. The highest BCUT2D eigenvalue weighted by molar-refractivity contribution is 5.95. The maximum atomic E-state index is 12.7. The number of aryl methyl sites for hydroxylation is 2. The van der Waals surface area contributed by atoms with Crippen molar-refractivity contribution in [2.24, 2.45) is 0 Å². The molecule has 4 aromatic rings. The molecule has 4 heterocycles. The first kappa shape index (κ1) is 20.9. The number of fused-ring (bicyclic) bond motifs is 2. The number of benzene rings is 1. The van der Waals surface area contributed by atoms with Crippen LogP contribution in [0.3, 0.4) is 0 Å². The highest BCUT2D eigenvalue weighted by Crippen LogP contribution is 2.42. The highest BCUT2D eigenvalue weighted by Gasteiger charge is 2.33. The summed E-state index contributed by atoms with van der Waals surface area (Å²) in [6, 6.07) is 9.45. The zero-order valence-corrected chi connectivity index (χ0v) is 19.2. The zero-order chi connectivity index (χ0) is 23.3. The summed E-state index contributed by atoms with van der Waals surface area (Å²) in [4.78, 5) is 12.7. The lowest BCUT2D eigenvalue weighted by molar-refractivity contribution is -0.116. The molecule has 0 aliphatic carbocycles. The second-order valence-corrected chi connectivity index (χ2v) is 8.35. The molecule has 1 N–H and O–H groups in total. The molecule has 1 aliphatic heterocycles. The van der Waals surface area contributed by atoms with E-state index in [4.69, 9.17) is 14.6 Å². The summed E-state index contributed by atoms with van der Waals surface area (Å²) >= 11 is 0. The molecule has 1 aliphatic rings. The molecule has 0 spiro atoms. The number of rotatable bonds is 5. The predicted molar refractivity (Wildman–Crippen MR) is 121 cm³/mol. The van der Waals surface area contributed by atoms with E-state index >= 15 is 0 Å². The van der Waals surface area contributed by atoms with Gasteiger partial charge in [0.1, 0.15) is 5.82 Å². The molecule has 1 atom stereocenters. The number of methoxy groups -OCH3 is 1. The predicted octanol–water partition coefficient (Wildman–Crippen LogP) is 3.20. The second-order valence-electron chi connectivity index (χ2n) is 8.35. The molecular weight excluding hydrogens is 422 g/mol. The minimum atomic E-state index is -0.176. The molecule has 0 radical (unpaired) electrons. The van der Waals surface area contributed by atoms with E-state index in [-0.39, 0.29) is 17.9 Å². The van der Waals surface area contributed by atoms with Gasteiger partial charge in [0.05, 0.1) is 18.9 Å². The van der Waals surface area contributed by atoms with Crippen molar-refractivity contribution < 1.29 is 14.3 Å². The van der Waals surface area contributed by atoms with E-state index in [1.807, 2.05) is 58.0 Å². The van der Waals surface area contributed by atoms with Crippen LogP contribution in [0.1, 0.15) is 48.8 Å². The van der Waals surface area contributed by atoms with E-state index in [0.717, 1.165) is 16.8 Å². The number of carbonyl (C=O) groups is 1. The fourth-order valence-electron chi connectivity index (χ4n) is 4.25. The smallest absolute Gasteiger partial charge is 0.226 e. The molecule has 0 saturated heterocycles. The molecule has 3 aromatic heterocycles. The number of hydrogen-bond donors (Lipinski definition) is 1. The van der Waals surface area contributed by atoms with Crippen molar-refractivity contribution in [1.29, 1.82) is 0 Å². The lowest BCUT2D eigenvalue weighted by Gasteiger charge is -2.25. The Balaban J connectivity index is 1.61. The van der Waals surface area contributed by atoms with E-state index in [0.29, 0.717) is 41.0 Å². The Morgan fingerprint density at radius 1 is 1.09 bits per heavy atom. The second kappa shape index (κ2) is 7.88. The van der Waals surface area contributed by atoms with Gasteiger partial charge in [0.15, 0.2) is 28.8 Å². The summed E-state index contributed by atoms with van der Waals surface area (Å²) < 4.78 is 14.7. The normalized spacial score (nSPS) is 15.6. The fraction of sp³-hybridized carbons (Fsp3) is 0.348. The third-order valence-electron chi connectivity index (χ3n) is 5.68. The van der Waals surface area contributed by atoms with Crippen molar-refractivity contribution in [3.63, 3.8) is 0 Å². The molecule has 10 heteroatoms. The number of carbonyl (C=O) groups excluding carboxylic acids is 1. The Bertz CT molecular complexity index is 1370. The maximum absolute atomic E-state index is 12.7. The largest absolute Gasteiger partial charge is 0.493 e. The summed E-state index contributed by atoms with van der Waals surface area (Å²) in [5.41, 5.74) is 3.38. The maximum Gasteiger partial charge on any atom is 0.226 e. The topological polar surface area (TPSA) is 108 Å². The Kier molecular flexibility index (Phi) is 4.99. The van der Waals surface area contributed by atoms with Crippen LogP contribution >= 0.6 is 0 Å². The van der Waals surface area contributed by atoms with E-state index in [1.165, 1.54) is 0 Å². The van der Waals surface area contributed by atoms with Crippen LogP contribution < -0.4 is 14.8 Å². The number of nitrogens with one attached hydrogen (secondary N) is 1. The number of aromatic nitrogens is 6. The molecule has 170 valence electrons. The van der Waals surface area contributed by atoms with Crippen LogP contribution in [-0.4, -0.2) is 48.7 Å². The number of amides is 1. The molecule has 0 bridgehead atoms. The molecule has 0 fully saturated rings. The average Bonchev–Trinajstić information content (AvgIpc) is 3.32. The van der Waals surface area contributed by atoms with Gasteiger partial charge in [0.2, 0.25) is 5.91 Å². The van der Waals surface area contributed by atoms with Gasteiger partial charge in [-0.05, 0) is 57.5 Å². The van der Waals surface area contributed by atoms with Gasteiger partial charge in [0.25, 0.3) is 0 Å². The van der Waals surface area contributed by atoms with E-state index < -0.39 is 0 Å². The highest BCUT2D eigenvalue weighted by atomic mass is 16.5. The average molecular weight is 447 g/mol. The van der Waals surface area contributed by atoms with Gasteiger partial charge in [-0.2, -0.15) is 14.3 Å². The lowest BCUT2D eigenvalue weighted by atomic mass is 9.85. The summed E-state index contributed by atoms with van der Waals surface area (Å²) in [6.45, 7) is 7.71. The molecule has 1 aromatic carbocycles. The third kappa shape index (κ3) is 3.57. The Labute approximate surface area is 190 Å². The van der Waals surface area contributed by atoms with Gasteiger partial charge in [-0.1, -0.05) is 6.07 Å². The van der Waals surface area contributed by atoms with Gasteiger partial charge < -0.3 is 14.8 Å². The Hall–Kier alpha value is -3.95. The number of anilines is 1. The van der Waals surface area contributed by atoms with Crippen LogP contribution in [0.25, 0.3) is 11.5 Å². The lowest BCUT2D eigenvalue weighted by Crippen LogP contribution is -2.25. The van der Waals surface area contributed by atoms with Crippen molar-refractivity contribution >= 4 is 17.4 Å². The van der Waals surface area contributed by atoms with Gasteiger partial charge in [-0.3, -0.25) is 4.79 Å².